The SMILES string of the molecule is CC1=C[C@H](c2c(O)cc(O)cc2C(C)(C)C(=O)OCCCCO[N+](=O)[O-])[C@H]2C[C@@H]1C2(C)C. The summed E-state index contributed by atoms with van der Waals surface area (Å²) in [6, 6.07) is 2.87. The van der Waals surface area contributed by atoms with Crippen LogP contribution < -0.4 is 0 Å². The summed E-state index contributed by atoms with van der Waals surface area (Å²) in [5, 5.41) is 30.4. The van der Waals surface area contributed by atoms with Crippen molar-refractivity contribution in [3.05, 3.63) is 45.0 Å². The number of rotatable bonds is 9. The number of esters is 1. The molecule has 0 aliphatic heterocycles. The smallest absolute Gasteiger partial charge is 0.315 e. The Morgan fingerprint density at radius 3 is 2.50 bits per heavy atom. The maximum Gasteiger partial charge on any atom is 0.315 e. The summed E-state index contributed by atoms with van der Waals surface area (Å²) >= 11 is 0. The zero-order valence-electron chi connectivity index (χ0n) is 19.4. The topological polar surface area (TPSA) is 119 Å². The van der Waals surface area contributed by atoms with Crippen LogP contribution in [0.15, 0.2) is 23.8 Å². The fourth-order valence-electron chi connectivity index (χ4n) is 5.43. The number of ether oxygens (including phenoxy) is 1. The van der Waals surface area contributed by atoms with Crippen molar-refractivity contribution < 1.29 is 29.7 Å². The van der Waals surface area contributed by atoms with Crippen LogP contribution in [0.5, 0.6) is 11.5 Å². The van der Waals surface area contributed by atoms with Gasteiger partial charge >= 0.3 is 5.97 Å². The van der Waals surface area contributed by atoms with Gasteiger partial charge in [-0.1, -0.05) is 25.5 Å². The molecule has 0 unspecified atom stereocenters. The lowest BCUT2D eigenvalue weighted by Crippen LogP contribution is -2.51. The molecule has 8 heteroatoms. The molecule has 2 bridgehead atoms. The molecular weight excluding hydrogens is 414 g/mol. The molecule has 4 rings (SSSR count). The number of hydrogen-bond acceptors (Lipinski definition) is 7. The summed E-state index contributed by atoms with van der Waals surface area (Å²) in [6.45, 7) is 10.1. The number of hydrogen-bond donors (Lipinski definition) is 2. The third-order valence-electron chi connectivity index (χ3n) is 7.40. The van der Waals surface area contributed by atoms with E-state index in [0.717, 1.165) is 6.42 Å². The number of phenolic OH excluding ortho intramolecular Hbond substituents is 2. The van der Waals surface area contributed by atoms with Crippen molar-refractivity contribution in [2.75, 3.05) is 13.2 Å². The van der Waals surface area contributed by atoms with Crippen molar-refractivity contribution >= 4 is 5.97 Å². The molecule has 8 nitrogen and oxygen atoms in total. The second-order valence-electron chi connectivity index (χ2n) is 10.1. The van der Waals surface area contributed by atoms with Crippen molar-refractivity contribution in [3.8, 4) is 11.5 Å². The van der Waals surface area contributed by atoms with Crippen LogP contribution in [0.25, 0.3) is 0 Å². The fourth-order valence-corrected chi connectivity index (χ4v) is 5.43. The number of phenols is 2. The molecule has 0 heterocycles. The summed E-state index contributed by atoms with van der Waals surface area (Å²) in [6.07, 6.45) is 4.04. The number of fused-ring (bicyclic) bond motifs is 1. The van der Waals surface area contributed by atoms with Crippen molar-refractivity contribution in [3.63, 3.8) is 0 Å². The van der Waals surface area contributed by atoms with Crippen LogP contribution >= 0.6 is 0 Å². The van der Waals surface area contributed by atoms with Crippen LogP contribution in [-0.2, 0) is 19.8 Å². The molecule has 176 valence electrons. The van der Waals surface area contributed by atoms with Crippen molar-refractivity contribution in [2.45, 2.75) is 65.2 Å². The largest absolute Gasteiger partial charge is 0.508 e. The Balaban J connectivity index is 1.83. The number of unbranched alkanes of at least 4 members (excludes halogenated alkanes) is 1. The number of aromatic hydroxyl groups is 2. The normalized spacial score (nSPS) is 23.7. The molecule has 0 radical (unpaired) electrons. The van der Waals surface area contributed by atoms with E-state index in [-0.39, 0.29) is 36.0 Å². The van der Waals surface area contributed by atoms with Gasteiger partial charge in [0.2, 0.25) is 0 Å². The highest BCUT2D eigenvalue weighted by Crippen LogP contribution is 2.64. The summed E-state index contributed by atoms with van der Waals surface area (Å²) in [5.74, 6) is 0.190. The minimum atomic E-state index is -1.12. The van der Waals surface area contributed by atoms with Gasteiger partial charge < -0.3 is 19.8 Å². The Kier molecular flexibility index (Phi) is 6.45. The first-order valence-corrected chi connectivity index (χ1v) is 11.1. The Hall–Kier alpha value is -2.77. The van der Waals surface area contributed by atoms with E-state index in [1.54, 1.807) is 19.9 Å². The molecule has 3 aliphatic rings. The average molecular weight is 448 g/mol. The predicted octanol–water partition coefficient (Wildman–Crippen LogP) is 4.61. The van der Waals surface area contributed by atoms with E-state index in [0.29, 0.717) is 35.8 Å². The molecule has 1 aromatic carbocycles. The van der Waals surface area contributed by atoms with Gasteiger partial charge in [0.25, 0.3) is 5.09 Å². The first kappa shape index (κ1) is 23.9. The molecule has 0 aromatic heterocycles. The first-order chi connectivity index (χ1) is 14.9. The Morgan fingerprint density at radius 1 is 1.25 bits per heavy atom. The van der Waals surface area contributed by atoms with Gasteiger partial charge in [0.15, 0.2) is 0 Å². The lowest BCUT2D eigenvalue weighted by atomic mass is 9.45. The first-order valence-electron chi connectivity index (χ1n) is 11.1. The van der Waals surface area contributed by atoms with Gasteiger partial charge in [-0.05, 0) is 68.9 Å². The standard InChI is InChI=1S/C24H33NO7/c1-14-10-16(18-13-17(14)23(18,2)3)21-19(11-15(26)12-20(21)27)24(4,5)22(28)31-8-6-7-9-32-25(29)30/h10-12,16-18,26-27H,6-9,13H2,1-5H3/t16-,17-,18+/m0/s1. The van der Waals surface area contributed by atoms with E-state index in [4.69, 9.17) is 4.74 Å². The lowest BCUT2D eigenvalue weighted by molar-refractivity contribution is -0.757. The molecule has 1 fully saturated rings. The molecule has 0 amide bonds. The van der Waals surface area contributed by atoms with Crippen molar-refractivity contribution in [1.29, 1.82) is 0 Å². The minimum Gasteiger partial charge on any atom is -0.508 e. The zero-order chi connectivity index (χ0) is 23.8. The van der Waals surface area contributed by atoms with Gasteiger partial charge in [-0.25, -0.2) is 0 Å². The number of allylic oxidation sites excluding steroid dienone is 2. The maximum atomic E-state index is 13.0. The van der Waals surface area contributed by atoms with Gasteiger partial charge in [0, 0.05) is 17.5 Å². The highest BCUT2D eigenvalue weighted by Gasteiger charge is 2.55. The molecule has 1 aromatic rings. The minimum absolute atomic E-state index is 0.0204. The van der Waals surface area contributed by atoms with Crippen LogP contribution in [0.3, 0.4) is 0 Å². The van der Waals surface area contributed by atoms with Crippen LogP contribution in [0.1, 0.15) is 70.9 Å². The number of carbonyl (C=O) groups is 1. The molecule has 0 spiro atoms. The maximum absolute atomic E-state index is 13.0. The quantitative estimate of drug-likeness (QED) is 0.186. The van der Waals surface area contributed by atoms with E-state index >= 15 is 0 Å². The van der Waals surface area contributed by atoms with E-state index in [9.17, 15) is 25.1 Å². The second kappa shape index (κ2) is 8.64. The van der Waals surface area contributed by atoms with Crippen LogP contribution in [0.4, 0.5) is 0 Å². The summed E-state index contributed by atoms with van der Waals surface area (Å²) in [5.41, 5.74) is 1.49. The fraction of sp³-hybridized carbons (Fsp3) is 0.625. The summed E-state index contributed by atoms with van der Waals surface area (Å²) in [4.78, 5) is 27.4. The highest BCUT2D eigenvalue weighted by molar-refractivity contribution is 5.83. The molecule has 0 saturated heterocycles. The second-order valence-corrected chi connectivity index (χ2v) is 10.1. The van der Waals surface area contributed by atoms with Gasteiger partial charge in [-0.3, -0.25) is 4.79 Å². The lowest BCUT2D eigenvalue weighted by Gasteiger charge is -2.59. The molecule has 3 atom stereocenters. The molecular formula is C24H33NO7. The average Bonchev–Trinajstić information content (AvgIpc) is 2.68. The Bertz CT molecular complexity index is 935. The third kappa shape index (κ3) is 4.27. The van der Waals surface area contributed by atoms with Crippen LogP contribution in [0.2, 0.25) is 0 Å². The van der Waals surface area contributed by atoms with Gasteiger partial charge in [-0.15, -0.1) is 10.1 Å². The Labute approximate surface area is 188 Å². The van der Waals surface area contributed by atoms with E-state index in [1.807, 2.05) is 0 Å². The summed E-state index contributed by atoms with van der Waals surface area (Å²) < 4.78 is 5.45. The predicted molar refractivity (Wildman–Crippen MR) is 118 cm³/mol. The highest BCUT2D eigenvalue weighted by atomic mass is 16.9. The monoisotopic (exact) mass is 447 g/mol. The van der Waals surface area contributed by atoms with Crippen LogP contribution in [-0.4, -0.2) is 34.5 Å². The van der Waals surface area contributed by atoms with E-state index < -0.39 is 16.5 Å². The number of carbonyl (C=O) groups excluding carboxylic acids is 1. The third-order valence-corrected chi connectivity index (χ3v) is 7.40. The van der Waals surface area contributed by atoms with Crippen molar-refractivity contribution in [1.82, 2.24) is 0 Å². The molecule has 32 heavy (non-hydrogen) atoms. The molecule has 1 saturated carbocycles. The van der Waals surface area contributed by atoms with E-state index in [1.165, 1.54) is 11.6 Å². The molecule has 3 aliphatic carbocycles. The van der Waals surface area contributed by atoms with Crippen LogP contribution in [0, 0.1) is 27.4 Å². The van der Waals surface area contributed by atoms with Gasteiger partial charge in [-0.2, -0.15) is 0 Å². The molecule has 2 N–H and O–H groups in total. The Morgan fingerprint density at radius 2 is 1.91 bits per heavy atom. The number of benzene rings is 1. The van der Waals surface area contributed by atoms with Crippen molar-refractivity contribution in [2.24, 2.45) is 17.3 Å². The van der Waals surface area contributed by atoms with Gasteiger partial charge in [0.1, 0.15) is 11.5 Å². The van der Waals surface area contributed by atoms with Gasteiger partial charge in [0.05, 0.1) is 18.6 Å². The zero-order valence-corrected chi connectivity index (χ0v) is 19.4. The van der Waals surface area contributed by atoms with E-state index in [2.05, 4.69) is 31.7 Å². The number of nitrogens with zero attached hydrogens (tertiary/aromatic N) is 1. The summed E-state index contributed by atoms with van der Waals surface area (Å²) in [7, 11) is 0.